The Bertz CT molecular complexity index is 4250. The fourth-order valence-corrected chi connectivity index (χ4v) is 17.8. The van der Waals surface area contributed by atoms with Crippen LogP contribution in [0.25, 0.3) is 126 Å². The van der Waals surface area contributed by atoms with Gasteiger partial charge >= 0.3 is 0 Å². The number of hydrogen-bond donors (Lipinski definition) is 0. The molecule has 8 bridgehead atoms. The third kappa shape index (κ3) is 4.67. The minimum atomic E-state index is 0.500. The van der Waals surface area contributed by atoms with Gasteiger partial charge in [0.2, 0.25) is 0 Å². The van der Waals surface area contributed by atoms with Gasteiger partial charge in [0.25, 0.3) is 0 Å². The second kappa shape index (κ2) is 13.0. The largest absolute Gasteiger partial charge is 0.456 e. The van der Waals surface area contributed by atoms with E-state index >= 15 is 0 Å². The van der Waals surface area contributed by atoms with Crippen LogP contribution in [0.3, 0.4) is 0 Å². The summed E-state index contributed by atoms with van der Waals surface area (Å²) in [6.45, 7) is 0. The maximum Gasteiger partial charge on any atom is 0.136 e. The van der Waals surface area contributed by atoms with E-state index in [1.54, 1.807) is 11.1 Å². The highest BCUT2D eigenvalue weighted by Crippen LogP contribution is 2.63. The SMILES string of the molecule is c1ccc2c(-c3cc(-c4c5ccccc5cc5oc6ccccc6c45)c4c5c6c(ncc5n5c7cnc8c(c7c3c45)C3CC4CC(CC8C4)C3)C3CC4CC(C3)CC6C4)c3c(cc2c1)oc1ccccc13. The molecule has 4 unspecified atom stereocenters. The number of pyridine rings is 2. The average Bonchev–Trinajstić information content (AvgIpc) is 4.09. The molecule has 0 spiro atoms. The molecule has 0 amide bonds. The third-order valence-electron chi connectivity index (χ3n) is 19.9. The molecule has 8 aliphatic rings. The van der Waals surface area contributed by atoms with Crippen molar-refractivity contribution in [1.82, 2.24) is 14.4 Å². The predicted octanol–water partition coefficient (Wildman–Crippen LogP) is 17.8. The van der Waals surface area contributed by atoms with Crippen molar-refractivity contribution in [3.63, 3.8) is 0 Å². The molecular formula is C66H49N3O2. The number of rotatable bonds is 2. The second-order valence-corrected chi connectivity index (χ2v) is 23.5. The molecule has 8 aliphatic carbocycles. The Kier molecular flexibility index (Phi) is 6.87. The average molecular weight is 916 g/mol. The molecule has 0 aliphatic heterocycles. The lowest BCUT2D eigenvalue weighted by molar-refractivity contribution is 0.165. The molecule has 340 valence electrons. The molecule has 21 rings (SSSR count). The van der Waals surface area contributed by atoms with Gasteiger partial charge in [-0.25, -0.2) is 0 Å². The first-order chi connectivity index (χ1) is 35.1. The molecule has 71 heavy (non-hydrogen) atoms. The van der Waals surface area contributed by atoms with E-state index in [-0.39, 0.29) is 0 Å². The maximum absolute atomic E-state index is 6.95. The molecule has 5 nitrogen and oxygen atoms in total. The second-order valence-electron chi connectivity index (χ2n) is 23.5. The van der Waals surface area contributed by atoms with Crippen LogP contribution in [0.4, 0.5) is 0 Å². The number of fused-ring (bicyclic) bond motifs is 14. The highest BCUT2D eigenvalue weighted by molar-refractivity contribution is 6.36. The Morgan fingerprint density at radius 2 is 0.789 bits per heavy atom. The van der Waals surface area contributed by atoms with Crippen LogP contribution >= 0.6 is 0 Å². The van der Waals surface area contributed by atoms with Crippen molar-refractivity contribution >= 4 is 104 Å². The monoisotopic (exact) mass is 915 g/mol. The number of benzene rings is 7. The molecule has 13 aromatic rings. The predicted molar refractivity (Wildman–Crippen MR) is 288 cm³/mol. The Labute approximate surface area is 408 Å². The van der Waals surface area contributed by atoms with Crippen molar-refractivity contribution in [3.05, 3.63) is 150 Å². The normalized spacial score (nSPS) is 25.5. The Hall–Kier alpha value is -7.24. The van der Waals surface area contributed by atoms with Crippen molar-refractivity contribution in [2.24, 2.45) is 23.7 Å². The van der Waals surface area contributed by atoms with Crippen LogP contribution in [-0.4, -0.2) is 14.4 Å². The molecule has 0 N–H and O–H groups in total. The minimum absolute atomic E-state index is 0.500. The van der Waals surface area contributed by atoms with E-state index in [4.69, 9.17) is 18.8 Å². The lowest BCUT2D eigenvalue weighted by Crippen LogP contribution is -2.25. The summed E-state index contributed by atoms with van der Waals surface area (Å²) in [6.07, 6.45) is 17.7. The van der Waals surface area contributed by atoms with Crippen molar-refractivity contribution in [2.75, 3.05) is 0 Å². The Balaban J connectivity index is 1.11. The van der Waals surface area contributed by atoms with Crippen LogP contribution in [0, 0.1) is 23.7 Å². The van der Waals surface area contributed by atoms with Crippen LogP contribution in [0.5, 0.6) is 0 Å². The molecule has 6 aromatic heterocycles. The van der Waals surface area contributed by atoms with Gasteiger partial charge in [0.05, 0.1) is 28.9 Å². The maximum atomic E-state index is 6.95. The number of hydrogen-bond acceptors (Lipinski definition) is 4. The topological polar surface area (TPSA) is 56.5 Å². The van der Waals surface area contributed by atoms with E-state index in [9.17, 15) is 0 Å². The van der Waals surface area contributed by atoms with Crippen LogP contribution in [-0.2, 0) is 0 Å². The van der Waals surface area contributed by atoms with Gasteiger partial charge in [-0.05, 0) is 174 Å². The molecule has 4 fully saturated rings. The van der Waals surface area contributed by atoms with Crippen molar-refractivity contribution < 1.29 is 8.83 Å². The zero-order chi connectivity index (χ0) is 45.5. The molecular weight excluding hydrogens is 867 g/mol. The Morgan fingerprint density at radius 1 is 0.380 bits per heavy atom. The third-order valence-corrected chi connectivity index (χ3v) is 19.9. The summed E-state index contributed by atoms with van der Waals surface area (Å²) < 4.78 is 16.6. The standard InChI is InChI=1S/C66H49N3O2/c1-3-11-42-36(9-1)27-52-58(44-13-5-7-15-50(44)70-52)56(42)46-29-47(57-43-12-4-2-10-37(43)28-53-59(57)45-14-6-8-16-51(45)71-53)61-63-49(31-68-65-41-25-34-18-35(26-41)22-39(21-34)55(63)65)69-48-30-67-64-40-23-32-17-33(24-40)20-38(19-32)54(64)62(48)60(46)66(61)69/h1-16,27-35,38-41H,17-26H2. The van der Waals surface area contributed by atoms with Crippen LogP contribution < -0.4 is 0 Å². The van der Waals surface area contributed by atoms with Gasteiger partial charge in [-0.3, -0.25) is 9.97 Å². The van der Waals surface area contributed by atoms with Gasteiger partial charge in [0.15, 0.2) is 0 Å². The van der Waals surface area contributed by atoms with Crippen LogP contribution in [0.15, 0.2) is 136 Å². The fraction of sp³-hybridized carbons (Fsp3) is 0.273. The van der Waals surface area contributed by atoms with Crippen molar-refractivity contribution in [3.8, 4) is 22.3 Å². The summed E-state index contributed by atoms with van der Waals surface area (Å²) in [4.78, 5) is 11.5. The van der Waals surface area contributed by atoms with Gasteiger partial charge in [0, 0.05) is 77.4 Å². The summed E-state index contributed by atoms with van der Waals surface area (Å²) in [5.41, 5.74) is 18.6. The summed E-state index contributed by atoms with van der Waals surface area (Å²) in [5.74, 6) is 5.16. The van der Waals surface area contributed by atoms with E-state index in [1.807, 2.05) is 0 Å². The molecule has 0 saturated heterocycles. The highest BCUT2D eigenvalue weighted by atomic mass is 16.3. The van der Waals surface area contributed by atoms with Crippen molar-refractivity contribution in [1.29, 1.82) is 0 Å². The first kappa shape index (κ1) is 37.6. The van der Waals surface area contributed by atoms with E-state index in [0.717, 1.165) is 56.8 Å². The van der Waals surface area contributed by atoms with Gasteiger partial charge in [0.1, 0.15) is 22.3 Å². The summed E-state index contributed by atoms with van der Waals surface area (Å²) in [5, 5.41) is 15.3. The zero-order valence-corrected chi connectivity index (χ0v) is 39.5. The lowest BCUT2D eigenvalue weighted by Gasteiger charge is -2.38. The first-order valence-corrected chi connectivity index (χ1v) is 26.9. The van der Waals surface area contributed by atoms with Crippen LogP contribution in [0.1, 0.15) is 110 Å². The van der Waals surface area contributed by atoms with E-state index in [2.05, 4.69) is 132 Å². The van der Waals surface area contributed by atoms with E-state index < -0.39 is 0 Å². The summed E-state index contributed by atoms with van der Waals surface area (Å²) in [7, 11) is 0. The Morgan fingerprint density at radius 3 is 1.25 bits per heavy atom. The summed E-state index contributed by atoms with van der Waals surface area (Å²) >= 11 is 0. The number of furan rings is 2. The van der Waals surface area contributed by atoms with Crippen molar-refractivity contribution in [2.45, 2.75) is 87.9 Å². The molecule has 4 saturated carbocycles. The highest BCUT2D eigenvalue weighted by Gasteiger charge is 2.47. The minimum Gasteiger partial charge on any atom is -0.456 e. The molecule has 7 aromatic carbocycles. The smallest absolute Gasteiger partial charge is 0.136 e. The number of nitrogens with zero attached hydrogens (tertiary/aromatic N) is 3. The zero-order valence-electron chi connectivity index (χ0n) is 39.5. The van der Waals surface area contributed by atoms with Gasteiger partial charge in [-0.15, -0.1) is 0 Å². The van der Waals surface area contributed by atoms with E-state index in [1.165, 1.54) is 168 Å². The number of para-hydroxylation sites is 2. The fourth-order valence-electron chi connectivity index (χ4n) is 17.8. The quantitative estimate of drug-likeness (QED) is 0.173. The first-order valence-electron chi connectivity index (χ1n) is 26.9. The van der Waals surface area contributed by atoms with Gasteiger partial charge in [-0.1, -0.05) is 84.9 Å². The number of aromatic nitrogens is 3. The van der Waals surface area contributed by atoms with E-state index in [0.29, 0.717) is 23.7 Å². The van der Waals surface area contributed by atoms with Crippen LogP contribution in [0.2, 0.25) is 0 Å². The van der Waals surface area contributed by atoms with Gasteiger partial charge in [-0.2, -0.15) is 0 Å². The lowest BCUT2D eigenvalue weighted by atomic mass is 9.67. The molecule has 5 heteroatoms. The summed E-state index contributed by atoms with van der Waals surface area (Å²) in [6, 6.07) is 42.9. The molecule has 6 heterocycles. The molecule has 4 atom stereocenters. The molecule has 0 radical (unpaired) electrons. The van der Waals surface area contributed by atoms with Gasteiger partial charge < -0.3 is 13.2 Å².